The number of hydrogen-bond acceptors (Lipinski definition) is 5. The Morgan fingerprint density at radius 1 is 0.545 bits per heavy atom. The molecule has 190 valence electrons. The van der Waals surface area contributed by atoms with Crippen LogP contribution in [0.3, 0.4) is 0 Å². The fourth-order valence-electron chi connectivity index (χ4n) is 9.17. The number of methoxy groups -OCH3 is 4. The number of piperidine rings is 2. The van der Waals surface area contributed by atoms with Gasteiger partial charge in [-0.1, -0.05) is 19.8 Å². The smallest absolute Gasteiger partial charge is 0.0836 e. The van der Waals surface area contributed by atoms with E-state index in [0.29, 0.717) is 6.04 Å². The van der Waals surface area contributed by atoms with Gasteiger partial charge in [0.25, 0.3) is 0 Å². The zero-order chi connectivity index (χ0) is 23.1. The summed E-state index contributed by atoms with van der Waals surface area (Å²) in [5.41, 5.74) is 0. The summed E-state index contributed by atoms with van der Waals surface area (Å²) in [6.45, 7) is 3.74. The molecule has 3 saturated carbocycles. The molecule has 10 atom stereocenters. The number of hydrogen-bond donors (Lipinski definition) is 0. The van der Waals surface area contributed by atoms with Crippen LogP contribution in [0.15, 0.2) is 0 Å². The molecule has 5 fully saturated rings. The number of nitrogens with zero attached hydrogens (tertiary/aromatic N) is 1. The van der Waals surface area contributed by atoms with E-state index >= 15 is 0 Å². The van der Waals surface area contributed by atoms with E-state index in [0.717, 1.165) is 41.5 Å². The molecule has 5 aliphatic rings. The minimum atomic E-state index is 0.249. The molecule has 2 aliphatic heterocycles. The fraction of sp³-hybridized carbons (Fsp3) is 1.00. The molecule has 33 heavy (non-hydrogen) atoms. The average Bonchev–Trinajstić information content (AvgIpc) is 2.86. The van der Waals surface area contributed by atoms with Gasteiger partial charge < -0.3 is 18.9 Å². The maximum atomic E-state index is 6.00. The van der Waals surface area contributed by atoms with Crippen LogP contribution in [0.2, 0.25) is 0 Å². The van der Waals surface area contributed by atoms with Gasteiger partial charge in [0.2, 0.25) is 0 Å². The van der Waals surface area contributed by atoms with Crippen LogP contribution >= 0.6 is 0 Å². The van der Waals surface area contributed by atoms with Crippen molar-refractivity contribution in [3.05, 3.63) is 0 Å². The van der Waals surface area contributed by atoms with Crippen LogP contribution < -0.4 is 0 Å². The van der Waals surface area contributed by atoms with Crippen molar-refractivity contribution in [2.45, 2.75) is 108 Å². The quantitative estimate of drug-likeness (QED) is 0.587. The van der Waals surface area contributed by atoms with Gasteiger partial charge in [-0.25, -0.2) is 0 Å². The van der Waals surface area contributed by atoms with Crippen molar-refractivity contribution in [3.63, 3.8) is 0 Å². The summed E-state index contributed by atoms with van der Waals surface area (Å²) in [5, 5.41) is 0. The first-order valence-electron chi connectivity index (χ1n) is 13.9. The van der Waals surface area contributed by atoms with E-state index in [9.17, 15) is 0 Å². The Morgan fingerprint density at radius 2 is 1.09 bits per heavy atom. The predicted octanol–water partition coefficient (Wildman–Crippen LogP) is 4.77. The monoisotopic (exact) mass is 463 g/mol. The third-order valence-electron chi connectivity index (χ3n) is 10.9. The summed E-state index contributed by atoms with van der Waals surface area (Å²) in [4.78, 5) is 3.04. The number of fused-ring (bicyclic) bond motifs is 4. The molecule has 3 aliphatic carbocycles. The average molecular weight is 464 g/mol. The second-order valence-electron chi connectivity index (χ2n) is 12.2. The molecule has 0 radical (unpaired) electrons. The lowest BCUT2D eigenvalue weighted by molar-refractivity contribution is -0.171. The van der Waals surface area contributed by atoms with Gasteiger partial charge in [-0.05, 0) is 93.4 Å². The van der Waals surface area contributed by atoms with Crippen molar-refractivity contribution in [3.8, 4) is 0 Å². The Morgan fingerprint density at radius 3 is 1.70 bits per heavy atom. The maximum Gasteiger partial charge on any atom is 0.0836 e. The Bertz CT molecular complexity index is 637. The minimum absolute atomic E-state index is 0.249. The van der Waals surface area contributed by atoms with E-state index in [4.69, 9.17) is 18.9 Å². The molecule has 5 nitrogen and oxygen atoms in total. The maximum absolute atomic E-state index is 6.00. The number of ether oxygens (including phenoxy) is 4. The highest BCUT2D eigenvalue weighted by atomic mass is 16.5. The molecule has 0 aromatic rings. The van der Waals surface area contributed by atoms with Crippen LogP contribution in [-0.4, -0.2) is 76.4 Å². The van der Waals surface area contributed by atoms with Crippen molar-refractivity contribution in [2.75, 3.05) is 35.0 Å². The van der Waals surface area contributed by atoms with Crippen LogP contribution in [0.25, 0.3) is 0 Å². The molecular weight excluding hydrogens is 414 g/mol. The molecule has 5 rings (SSSR count). The Labute approximate surface area is 202 Å². The van der Waals surface area contributed by atoms with Crippen LogP contribution in [0.5, 0.6) is 0 Å². The molecule has 0 spiro atoms. The number of rotatable bonds is 5. The Kier molecular flexibility index (Phi) is 7.74. The van der Waals surface area contributed by atoms with E-state index in [-0.39, 0.29) is 24.4 Å². The first kappa shape index (κ1) is 24.5. The largest absolute Gasteiger partial charge is 0.379 e. The zero-order valence-corrected chi connectivity index (χ0v) is 21.8. The summed E-state index contributed by atoms with van der Waals surface area (Å²) in [7, 11) is 7.54. The van der Waals surface area contributed by atoms with Gasteiger partial charge in [0.1, 0.15) is 0 Å². The first-order chi connectivity index (χ1) is 16.1. The lowest BCUT2D eigenvalue weighted by atomic mass is 9.58. The van der Waals surface area contributed by atoms with E-state index < -0.39 is 0 Å². The van der Waals surface area contributed by atoms with Gasteiger partial charge in [-0.2, -0.15) is 0 Å². The Balaban J connectivity index is 1.43. The summed E-state index contributed by atoms with van der Waals surface area (Å²) in [5.74, 6) is 4.85. The predicted molar refractivity (Wildman–Crippen MR) is 130 cm³/mol. The fourth-order valence-corrected chi connectivity index (χ4v) is 9.17. The SMILES string of the molecule is COC1CC2CCN3C(CC4CC(OC)C(OC)CC4[C@@H]3C3CCC(C)CC3)C2CC1OC. The molecule has 2 saturated heterocycles. The molecular formula is C28H49NO4. The lowest BCUT2D eigenvalue weighted by Gasteiger charge is -2.62. The van der Waals surface area contributed by atoms with E-state index in [2.05, 4.69) is 11.8 Å². The van der Waals surface area contributed by atoms with Crippen molar-refractivity contribution in [1.29, 1.82) is 0 Å². The van der Waals surface area contributed by atoms with Gasteiger partial charge in [-0.3, -0.25) is 4.90 Å². The summed E-state index contributed by atoms with van der Waals surface area (Å²) in [6.07, 6.45) is 14.1. The van der Waals surface area contributed by atoms with Crippen LogP contribution in [0.4, 0.5) is 0 Å². The first-order valence-corrected chi connectivity index (χ1v) is 13.9. The minimum Gasteiger partial charge on any atom is -0.379 e. The highest BCUT2D eigenvalue weighted by molar-refractivity contribution is 5.08. The molecule has 5 heteroatoms. The van der Waals surface area contributed by atoms with Gasteiger partial charge >= 0.3 is 0 Å². The summed E-state index contributed by atoms with van der Waals surface area (Å²) >= 11 is 0. The molecule has 0 bridgehead atoms. The molecule has 9 unspecified atom stereocenters. The molecule has 2 heterocycles. The molecule has 0 N–H and O–H groups in total. The van der Waals surface area contributed by atoms with Gasteiger partial charge in [0.05, 0.1) is 24.4 Å². The molecule has 0 amide bonds. The van der Waals surface area contributed by atoms with E-state index in [1.807, 2.05) is 28.4 Å². The van der Waals surface area contributed by atoms with Gasteiger partial charge in [0.15, 0.2) is 0 Å². The molecule has 0 aromatic carbocycles. The lowest BCUT2D eigenvalue weighted by Crippen LogP contribution is -2.66. The highest BCUT2D eigenvalue weighted by Gasteiger charge is 2.55. The third kappa shape index (κ3) is 4.55. The second-order valence-corrected chi connectivity index (χ2v) is 12.2. The van der Waals surface area contributed by atoms with Crippen molar-refractivity contribution in [2.24, 2.45) is 35.5 Å². The van der Waals surface area contributed by atoms with E-state index in [1.165, 1.54) is 70.8 Å². The van der Waals surface area contributed by atoms with Crippen LogP contribution in [0, 0.1) is 35.5 Å². The van der Waals surface area contributed by atoms with E-state index in [1.54, 1.807) is 0 Å². The van der Waals surface area contributed by atoms with Crippen molar-refractivity contribution < 1.29 is 18.9 Å². The third-order valence-corrected chi connectivity index (χ3v) is 10.9. The van der Waals surface area contributed by atoms with Crippen molar-refractivity contribution in [1.82, 2.24) is 4.90 Å². The second kappa shape index (κ2) is 10.4. The van der Waals surface area contributed by atoms with Gasteiger partial charge in [0, 0.05) is 40.5 Å². The highest BCUT2D eigenvalue weighted by Crippen LogP contribution is 2.54. The van der Waals surface area contributed by atoms with Crippen LogP contribution in [0.1, 0.15) is 71.1 Å². The summed E-state index contributed by atoms with van der Waals surface area (Å²) < 4.78 is 23.8. The standard InChI is InChI=1S/C28H49NO4/c1-17-6-8-18(9-7-17)28-22-16-27(33-5)25(31-3)14-20(22)12-23-21-15-26(32-4)24(30-2)13-19(21)10-11-29(23)28/h17-28H,6-16H2,1-5H3/t17?,18?,19?,20?,21?,22?,23?,24?,25?,26?,27?,28-/m0/s1. The van der Waals surface area contributed by atoms with Crippen LogP contribution in [-0.2, 0) is 18.9 Å². The zero-order valence-electron chi connectivity index (χ0n) is 21.8. The topological polar surface area (TPSA) is 40.2 Å². The van der Waals surface area contributed by atoms with Crippen molar-refractivity contribution >= 4 is 0 Å². The molecule has 0 aromatic heterocycles. The summed E-state index contributed by atoms with van der Waals surface area (Å²) in [6, 6.07) is 1.44. The normalized spacial score (nSPS) is 50.8. The Hall–Kier alpha value is -0.200. The van der Waals surface area contributed by atoms with Gasteiger partial charge in [-0.15, -0.1) is 0 Å².